The van der Waals surface area contributed by atoms with Gasteiger partial charge in [0.15, 0.2) is 0 Å². The number of aromatic nitrogens is 3. The fourth-order valence-electron chi connectivity index (χ4n) is 0.917. The van der Waals surface area contributed by atoms with Gasteiger partial charge in [-0.3, -0.25) is 4.79 Å². The molecule has 2 rings (SSSR count). The van der Waals surface area contributed by atoms with E-state index >= 15 is 0 Å². The molecule has 0 saturated heterocycles. The van der Waals surface area contributed by atoms with Gasteiger partial charge in [-0.25, -0.2) is 4.98 Å². The van der Waals surface area contributed by atoms with Crippen molar-refractivity contribution in [1.82, 2.24) is 15.2 Å². The fourth-order valence-corrected chi connectivity index (χ4v) is 1.87. The number of nitrogens with zero attached hydrogens (tertiary/aromatic N) is 3. The predicted molar refractivity (Wildman–Crippen MR) is 64.8 cm³/mol. The van der Waals surface area contributed by atoms with Crippen LogP contribution in [0.3, 0.4) is 0 Å². The third-order valence-corrected chi connectivity index (χ3v) is 3.05. The minimum absolute atomic E-state index is 0.203. The Bertz CT molecular complexity index is 515. The highest BCUT2D eigenvalue weighted by atomic mass is 79.9. The number of amides is 1. The summed E-state index contributed by atoms with van der Waals surface area (Å²) in [5, 5.41) is 9.94. The molecule has 1 amide bonds. The largest absolute Gasteiger partial charge is 0.304 e. The minimum atomic E-state index is -0.376. The van der Waals surface area contributed by atoms with Crippen molar-refractivity contribution in [3.05, 3.63) is 32.3 Å². The standard InChI is InChI=1S/C8H4BrClN4OS/c9-4-1-2-5(11-3-4)12-6(15)7-13-14-8(10)16-7/h1-3H,(H,11,12,15). The van der Waals surface area contributed by atoms with Crippen LogP contribution in [0.15, 0.2) is 22.8 Å². The van der Waals surface area contributed by atoms with Crippen LogP contribution in [-0.4, -0.2) is 21.1 Å². The topological polar surface area (TPSA) is 67.8 Å². The van der Waals surface area contributed by atoms with Crippen molar-refractivity contribution < 1.29 is 4.79 Å². The number of carbonyl (C=O) groups is 1. The maximum absolute atomic E-state index is 11.6. The van der Waals surface area contributed by atoms with E-state index in [1.54, 1.807) is 18.3 Å². The van der Waals surface area contributed by atoms with E-state index in [0.29, 0.717) is 5.82 Å². The Balaban J connectivity index is 2.10. The van der Waals surface area contributed by atoms with E-state index in [9.17, 15) is 4.79 Å². The average molecular weight is 320 g/mol. The third kappa shape index (κ3) is 2.75. The third-order valence-electron chi connectivity index (χ3n) is 1.56. The van der Waals surface area contributed by atoms with E-state index in [0.717, 1.165) is 15.8 Å². The number of carbonyl (C=O) groups excluding carboxylic acids is 1. The van der Waals surface area contributed by atoms with Crippen LogP contribution in [0.25, 0.3) is 0 Å². The summed E-state index contributed by atoms with van der Waals surface area (Å²) >= 11 is 9.83. The highest BCUT2D eigenvalue weighted by Gasteiger charge is 2.12. The maximum Gasteiger partial charge on any atom is 0.287 e. The second kappa shape index (κ2) is 4.86. The smallest absolute Gasteiger partial charge is 0.287 e. The molecule has 0 spiro atoms. The molecule has 8 heteroatoms. The number of pyridine rings is 1. The molecule has 2 heterocycles. The summed E-state index contributed by atoms with van der Waals surface area (Å²) < 4.78 is 1.07. The SMILES string of the molecule is O=C(Nc1ccc(Br)cn1)c1nnc(Cl)s1. The van der Waals surface area contributed by atoms with E-state index in [-0.39, 0.29) is 15.4 Å². The summed E-state index contributed by atoms with van der Waals surface area (Å²) in [4.78, 5) is 15.6. The average Bonchev–Trinajstić information content (AvgIpc) is 2.68. The molecule has 0 radical (unpaired) electrons. The fraction of sp³-hybridized carbons (Fsp3) is 0. The molecule has 0 aliphatic carbocycles. The Morgan fingerprint density at radius 1 is 1.44 bits per heavy atom. The number of rotatable bonds is 2. The predicted octanol–water partition coefficient (Wildman–Crippen LogP) is 2.60. The zero-order valence-electron chi connectivity index (χ0n) is 7.65. The van der Waals surface area contributed by atoms with E-state index in [4.69, 9.17) is 11.6 Å². The molecule has 1 N–H and O–H groups in total. The van der Waals surface area contributed by atoms with Gasteiger partial charge in [0, 0.05) is 10.7 Å². The van der Waals surface area contributed by atoms with Crippen LogP contribution >= 0.6 is 38.9 Å². The molecule has 0 saturated carbocycles. The Morgan fingerprint density at radius 3 is 2.81 bits per heavy atom. The van der Waals surface area contributed by atoms with Gasteiger partial charge < -0.3 is 5.32 Å². The molecule has 16 heavy (non-hydrogen) atoms. The van der Waals surface area contributed by atoms with Crippen molar-refractivity contribution in [1.29, 1.82) is 0 Å². The molecule has 2 aromatic rings. The van der Waals surface area contributed by atoms with Crippen LogP contribution in [0.4, 0.5) is 5.82 Å². The zero-order valence-corrected chi connectivity index (χ0v) is 10.8. The monoisotopic (exact) mass is 318 g/mol. The van der Waals surface area contributed by atoms with Crippen molar-refractivity contribution in [2.45, 2.75) is 0 Å². The minimum Gasteiger partial charge on any atom is -0.304 e. The first-order chi connectivity index (χ1) is 7.65. The van der Waals surface area contributed by atoms with Crippen molar-refractivity contribution in [2.24, 2.45) is 0 Å². The van der Waals surface area contributed by atoms with Gasteiger partial charge >= 0.3 is 0 Å². The Hall–Kier alpha value is -1.05. The first-order valence-corrected chi connectivity index (χ1v) is 6.06. The molecule has 5 nitrogen and oxygen atoms in total. The molecule has 0 atom stereocenters. The second-order valence-electron chi connectivity index (χ2n) is 2.68. The zero-order chi connectivity index (χ0) is 11.5. The van der Waals surface area contributed by atoms with Gasteiger partial charge in [0.05, 0.1) is 0 Å². The highest BCUT2D eigenvalue weighted by molar-refractivity contribution is 9.10. The van der Waals surface area contributed by atoms with Crippen molar-refractivity contribution in [2.75, 3.05) is 5.32 Å². The quantitative estimate of drug-likeness (QED) is 0.924. The molecule has 0 aliphatic heterocycles. The van der Waals surface area contributed by atoms with E-state index < -0.39 is 0 Å². The van der Waals surface area contributed by atoms with E-state index in [2.05, 4.69) is 36.4 Å². The van der Waals surface area contributed by atoms with Crippen LogP contribution in [0.1, 0.15) is 9.80 Å². The van der Waals surface area contributed by atoms with E-state index in [1.807, 2.05) is 0 Å². The summed E-state index contributed by atoms with van der Waals surface area (Å²) in [5.41, 5.74) is 0. The van der Waals surface area contributed by atoms with Crippen molar-refractivity contribution in [3.8, 4) is 0 Å². The van der Waals surface area contributed by atoms with Gasteiger partial charge in [0.1, 0.15) is 5.82 Å². The lowest BCUT2D eigenvalue weighted by Crippen LogP contribution is -2.12. The number of nitrogens with one attached hydrogen (secondary N) is 1. The molecule has 0 bridgehead atoms. The van der Waals surface area contributed by atoms with Gasteiger partial charge in [0.25, 0.3) is 5.91 Å². The number of hydrogen-bond acceptors (Lipinski definition) is 5. The molecular formula is C8H4BrClN4OS. The van der Waals surface area contributed by atoms with Gasteiger partial charge in [0.2, 0.25) is 9.47 Å². The molecule has 0 aliphatic rings. The Morgan fingerprint density at radius 2 is 2.25 bits per heavy atom. The van der Waals surface area contributed by atoms with Crippen LogP contribution in [0.5, 0.6) is 0 Å². The van der Waals surface area contributed by atoms with Gasteiger partial charge in [-0.1, -0.05) is 11.3 Å². The molecular weight excluding hydrogens is 316 g/mol. The first-order valence-electron chi connectivity index (χ1n) is 4.07. The highest BCUT2D eigenvalue weighted by Crippen LogP contribution is 2.16. The van der Waals surface area contributed by atoms with Gasteiger partial charge in [-0.2, -0.15) is 0 Å². The first kappa shape index (κ1) is 11.4. The molecule has 2 aromatic heterocycles. The number of anilines is 1. The summed E-state index contributed by atoms with van der Waals surface area (Å²) in [6, 6.07) is 3.44. The maximum atomic E-state index is 11.6. The van der Waals surface area contributed by atoms with Crippen molar-refractivity contribution >= 4 is 50.6 Å². The molecule has 0 fully saturated rings. The molecule has 0 unspecified atom stereocenters. The number of halogens is 2. The van der Waals surface area contributed by atoms with E-state index in [1.165, 1.54) is 0 Å². The summed E-state index contributed by atoms with van der Waals surface area (Å²) in [6.07, 6.45) is 1.59. The lowest BCUT2D eigenvalue weighted by molar-refractivity contribution is 0.102. The summed E-state index contributed by atoms with van der Waals surface area (Å²) in [5.74, 6) is 0.0683. The molecule has 82 valence electrons. The Kier molecular flexibility index (Phi) is 3.47. The van der Waals surface area contributed by atoms with Gasteiger partial charge in [-0.15, -0.1) is 10.2 Å². The van der Waals surface area contributed by atoms with Crippen LogP contribution < -0.4 is 5.32 Å². The second-order valence-corrected chi connectivity index (χ2v) is 5.15. The lowest BCUT2D eigenvalue weighted by Gasteiger charge is -2.00. The normalized spacial score (nSPS) is 10.1. The number of hydrogen-bond donors (Lipinski definition) is 1. The summed E-state index contributed by atoms with van der Waals surface area (Å²) in [6.45, 7) is 0. The van der Waals surface area contributed by atoms with Crippen LogP contribution in [0.2, 0.25) is 4.47 Å². The Labute approximate surface area is 108 Å². The van der Waals surface area contributed by atoms with Crippen LogP contribution in [-0.2, 0) is 0 Å². The lowest BCUT2D eigenvalue weighted by atomic mass is 10.4. The van der Waals surface area contributed by atoms with Gasteiger partial charge in [-0.05, 0) is 39.7 Å². The summed E-state index contributed by atoms with van der Waals surface area (Å²) in [7, 11) is 0. The molecule has 0 aromatic carbocycles. The van der Waals surface area contributed by atoms with Crippen molar-refractivity contribution in [3.63, 3.8) is 0 Å². The van der Waals surface area contributed by atoms with Crippen LogP contribution in [0, 0.1) is 0 Å².